The summed E-state index contributed by atoms with van der Waals surface area (Å²) >= 11 is 5.74. The third-order valence-corrected chi connectivity index (χ3v) is 2.69. The minimum absolute atomic E-state index is 0.0244. The second kappa shape index (κ2) is 4.16. The van der Waals surface area contributed by atoms with E-state index in [1.54, 1.807) is 23.2 Å². The summed E-state index contributed by atoms with van der Waals surface area (Å²) in [4.78, 5) is 17.1. The maximum absolute atomic E-state index is 11.6. The second-order valence-electron chi connectivity index (χ2n) is 3.59. The molecule has 5 heteroatoms. The summed E-state index contributed by atoms with van der Waals surface area (Å²) in [6, 6.07) is 3.39. The van der Waals surface area contributed by atoms with Gasteiger partial charge in [-0.1, -0.05) is 11.6 Å². The number of aliphatic hydroxyl groups excluding tert-OH is 1. The Bertz CT molecular complexity index is 383. The molecule has 2 heterocycles. The smallest absolute Gasteiger partial charge is 0.227 e. The zero-order valence-electron chi connectivity index (χ0n) is 8.06. The van der Waals surface area contributed by atoms with Gasteiger partial charge in [-0.05, 0) is 12.1 Å². The van der Waals surface area contributed by atoms with Crippen LogP contribution in [0.25, 0.3) is 0 Å². The van der Waals surface area contributed by atoms with E-state index in [0.29, 0.717) is 18.1 Å². The monoisotopic (exact) mass is 226 g/mol. The lowest BCUT2D eigenvalue weighted by Crippen LogP contribution is -2.24. The van der Waals surface area contributed by atoms with E-state index in [0.717, 1.165) is 5.69 Å². The van der Waals surface area contributed by atoms with Crippen molar-refractivity contribution >= 4 is 23.2 Å². The molecule has 1 aromatic rings. The van der Waals surface area contributed by atoms with Crippen molar-refractivity contribution in [3.05, 3.63) is 23.5 Å². The predicted molar refractivity (Wildman–Crippen MR) is 56.8 cm³/mol. The number of amides is 1. The molecule has 1 fully saturated rings. The first-order valence-electron chi connectivity index (χ1n) is 4.73. The molecular formula is C10H11ClN2O2. The van der Waals surface area contributed by atoms with Crippen molar-refractivity contribution in [3.8, 4) is 0 Å². The Hall–Kier alpha value is -1.13. The maximum Gasteiger partial charge on any atom is 0.227 e. The highest BCUT2D eigenvalue weighted by Gasteiger charge is 2.29. The molecule has 2 rings (SSSR count). The highest BCUT2D eigenvalue weighted by Crippen LogP contribution is 2.25. The predicted octanol–water partition coefficient (Wildman–Crippen LogP) is 1.08. The van der Waals surface area contributed by atoms with Gasteiger partial charge < -0.3 is 10.0 Å². The van der Waals surface area contributed by atoms with Gasteiger partial charge in [-0.15, -0.1) is 0 Å². The maximum atomic E-state index is 11.6. The zero-order chi connectivity index (χ0) is 10.8. The average Bonchev–Trinajstić information content (AvgIpc) is 2.60. The lowest BCUT2D eigenvalue weighted by molar-refractivity contribution is -0.117. The number of hydrogen-bond acceptors (Lipinski definition) is 3. The molecule has 0 saturated carbocycles. The van der Waals surface area contributed by atoms with Crippen LogP contribution < -0.4 is 4.90 Å². The summed E-state index contributed by atoms with van der Waals surface area (Å²) in [5, 5.41) is 9.35. The molecule has 0 bridgehead atoms. The minimum Gasteiger partial charge on any atom is -0.396 e. The number of carbonyl (C=O) groups excluding carboxylic acids is 1. The first kappa shape index (κ1) is 10.4. The zero-order valence-corrected chi connectivity index (χ0v) is 8.81. The van der Waals surface area contributed by atoms with Crippen molar-refractivity contribution in [1.29, 1.82) is 0 Å². The van der Waals surface area contributed by atoms with E-state index in [1.807, 2.05) is 0 Å². The highest BCUT2D eigenvalue weighted by atomic mass is 35.5. The van der Waals surface area contributed by atoms with Crippen LogP contribution in [-0.2, 0) is 4.79 Å². The van der Waals surface area contributed by atoms with Gasteiger partial charge in [0, 0.05) is 37.4 Å². The van der Waals surface area contributed by atoms with Crippen LogP contribution in [0.1, 0.15) is 6.42 Å². The van der Waals surface area contributed by atoms with Crippen molar-refractivity contribution in [2.75, 3.05) is 18.1 Å². The van der Waals surface area contributed by atoms with Crippen molar-refractivity contribution in [2.24, 2.45) is 5.92 Å². The molecule has 15 heavy (non-hydrogen) atoms. The number of aromatic nitrogens is 1. The molecule has 1 atom stereocenters. The van der Waals surface area contributed by atoms with Crippen LogP contribution in [0.5, 0.6) is 0 Å². The fourth-order valence-corrected chi connectivity index (χ4v) is 1.88. The first-order chi connectivity index (χ1) is 7.20. The van der Waals surface area contributed by atoms with E-state index in [9.17, 15) is 4.79 Å². The Labute approximate surface area is 92.5 Å². The molecule has 1 amide bonds. The Morgan fingerprint density at radius 1 is 1.67 bits per heavy atom. The van der Waals surface area contributed by atoms with E-state index >= 15 is 0 Å². The molecule has 1 unspecified atom stereocenters. The highest BCUT2D eigenvalue weighted by molar-refractivity contribution is 6.29. The topological polar surface area (TPSA) is 53.4 Å². The van der Waals surface area contributed by atoms with Crippen LogP contribution >= 0.6 is 11.6 Å². The van der Waals surface area contributed by atoms with Gasteiger partial charge in [-0.3, -0.25) is 4.79 Å². The molecule has 80 valence electrons. The number of carbonyl (C=O) groups is 1. The molecule has 1 aromatic heterocycles. The standard InChI is InChI=1S/C10H11ClN2O2/c11-9-4-8(1-2-12-9)13-5-7(6-14)3-10(13)15/h1-2,4,7,14H,3,5-6H2. The van der Waals surface area contributed by atoms with Crippen molar-refractivity contribution < 1.29 is 9.90 Å². The lowest BCUT2D eigenvalue weighted by Gasteiger charge is -2.16. The van der Waals surface area contributed by atoms with Crippen molar-refractivity contribution in [1.82, 2.24) is 4.98 Å². The van der Waals surface area contributed by atoms with E-state index in [4.69, 9.17) is 16.7 Å². The number of rotatable bonds is 2. The molecule has 1 saturated heterocycles. The molecule has 0 spiro atoms. The normalized spacial score (nSPS) is 21.1. The van der Waals surface area contributed by atoms with E-state index in [1.165, 1.54) is 0 Å². The third kappa shape index (κ3) is 2.11. The molecular weight excluding hydrogens is 216 g/mol. The second-order valence-corrected chi connectivity index (χ2v) is 3.98. The van der Waals surface area contributed by atoms with E-state index < -0.39 is 0 Å². The quantitative estimate of drug-likeness (QED) is 0.768. The summed E-state index contributed by atoms with van der Waals surface area (Å²) < 4.78 is 0. The minimum atomic E-state index is 0.0244. The fraction of sp³-hybridized carbons (Fsp3) is 0.400. The van der Waals surface area contributed by atoms with Crippen LogP contribution in [0, 0.1) is 5.92 Å². The van der Waals surface area contributed by atoms with Crippen LogP contribution in [-0.4, -0.2) is 29.1 Å². The summed E-state index contributed by atoms with van der Waals surface area (Å²) in [6.07, 6.45) is 1.97. The van der Waals surface area contributed by atoms with Crippen LogP contribution in [0.3, 0.4) is 0 Å². The van der Waals surface area contributed by atoms with Gasteiger partial charge in [0.25, 0.3) is 0 Å². The van der Waals surface area contributed by atoms with Gasteiger partial charge >= 0.3 is 0 Å². The van der Waals surface area contributed by atoms with Crippen LogP contribution in [0.2, 0.25) is 5.15 Å². The Morgan fingerprint density at radius 3 is 3.07 bits per heavy atom. The van der Waals surface area contributed by atoms with Crippen molar-refractivity contribution in [3.63, 3.8) is 0 Å². The summed E-state index contributed by atoms with van der Waals surface area (Å²) in [6.45, 7) is 0.594. The van der Waals surface area contributed by atoms with Gasteiger partial charge in [-0.25, -0.2) is 4.98 Å². The summed E-state index contributed by atoms with van der Waals surface area (Å²) in [7, 11) is 0. The SMILES string of the molecule is O=C1CC(CO)CN1c1ccnc(Cl)c1. The van der Waals surface area contributed by atoms with E-state index in [-0.39, 0.29) is 18.4 Å². The molecule has 4 nitrogen and oxygen atoms in total. The van der Waals surface area contributed by atoms with Gasteiger partial charge in [0.05, 0.1) is 0 Å². The first-order valence-corrected chi connectivity index (χ1v) is 5.11. The van der Waals surface area contributed by atoms with E-state index in [2.05, 4.69) is 4.98 Å². The number of anilines is 1. The summed E-state index contributed by atoms with van der Waals surface area (Å²) in [5.41, 5.74) is 0.746. The number of aliphatic hydroxyl groups is 1. The molecule has 0 aromatic carbocycles. The fourth-order valence-electron chi connectivity index (χ4n) is 1.71. The number of pyridine rings is 1. The largest absolute Gasteiger partial charge is 0.396 e. The number of nitrogens with zero attached hydrogens (tertiary/aromatic N) is 2. The molecule has 1 aliphatic heterocycles. The average molecular weight is 227 g/mol. The van der Waals surface area contributed by atoms with Gasteiger partial charge in [-0.2, -0.15) is 0 Å². The van der Waals surface area contributed by atoms with Crippen LogP contribution in [0.4, 0.5) is 5.69 Å². The van der Waals surface area contributed by atoms with Gasteiger partial charge in [0.1, 0.15) is 5.15 Å². The Balaban J connectivity index is 2.21. The Kier molecular flexibility index (Phi) is 2.88. The van der Waals surface area contributed by atoms with Crippen LogP contribution in [0.15, 0.2) is 18.3 Å². The third-order valence-electron chi connectivity index (χ3n) is 2.49. The molecule has 0 aliphatic carbocycles. The van der Waals surface area contributed by atoms with Gasteiger partial charge in [0.2, 0.25) is 5.91 Å². The molecule has 0 radical (unpaired) electrons. The van der Waals surface area contributed by atoms with Gasteiger partial charge in [0.15, 0.2) is 0 Å². The summed E-state index contributed by atoms with van der Waals surface area (Å²) in [5.74, 6) is 0.0563. The lowest BCUT2D eigenvalue weighted by atomic mass is 10.1. The Morgan fingerprint density at radius 2 is 2.47 bits per heavy atom. The molecule has 1 aliphatic rings. The number of halogens is 1. The number of hydrogen-bond donors (Lipinski definition) is 1. The van der Waals surface area contributed by atoms with Crippen molar-refractivity contribution in [2.45, 2.75) is 6.42 Å². The molecule has 1 N–H and O–H groups in total.